The largest absolute Gasteiger partial charge is 0.497 e. The number of piperazine rings is 1. The molecular formula is C21H22N4O3S. The van der Waals surface area contributed by atoms with Crippen molar-refractivity contribution in [1.82, 2.24) is 14.9 Å². The molecule has 0 radical (unpaired) electrons. The maximum Gasteiger partial charge on any atom is 0.253 e. The van der Waals surface area contributed by atoms with Gasteiger partial charge in [0.25, 0.3) is 5.91 Å². The second-order valence-electron chi connectivity index (χ2n) is 6.63. The van der Waals surface area contributed by atoms with Crippen molar-refractivity contribution in [3.05, 3.63) is 64.7 Å². The molecule has 0 atom stereocenters. The van der Waals surface area contributed by atoms with E-state index >= 15 is 0 Å². The summed E-state index contributed by atoms with van der Waals surface area (Å²) in [7, 11) is 1.64. The Morgan fingerprint density at radius 1 is 1.07 bits per heavy atom. The summed E-state index contributed by atoms with van der Waals surface area (Å²) in [6.45, 7) is 3.21. The highest BCUT2D eigenvalue weighted by Crippen LogP contribution is 2.21. The van der Waals surface area contributed by atoms with Crippen molar-refractivity contribution in [2.45, 2.75) is 6.61 Å². The summed E-state index contributed by atoms with van der Waals surface area (Å²) in [5, 5.41) is 1.96. The Balaban J connectivity index is 1.32. The molecule has 29 heavy (non-hydrogen) atoms. The number of aromatic nitrogens is 2. The smallest absolute Gasteiger partial charge is 0.253 e. The number of amides is 1. The number of carbonyl (C=O) groups is 1. The van der Waals surface area contributed by atoms with Gasteiger partial charge in [-0.15, -0.1) is 11.3 Å². The Hall–Kier alpha value is -3.13. The quantitative estimate of drug-likeness (QED) is 0.622. The zero-order valence-electron chi connectivity index (χ0n) is 16.2. The third kappa shape index (κ3) is 4.65. The molecule has 1 aromatic carbocycles. The van der Waals surface area contributed by atoms with Crippen LogP contribution in [0.5, 0.6) is 11.5 Å². The van der Waals surface area contributed by atoms with Crippen molar-refractivity contribution in [3.8, 4) is 11.5 Å². The van der Waals surface area contributed by atoms with E-state index in [1.807, 2.05) is 46.7 Å². The number of thiazole rings is 1. The molecule has 0 unspecified atom stereocenters. The lowest BCUT2D eigenvalue weighted by Gasteiger charge is -2.35. The molecule has 1 saturated heterocycles. The molecule has 8 heteroatoms. The van der Waals surface area contributed by atoms with Crippen LogP contribution in [0.1, 0.15) is 16.1 Å². The lowest BCUT2D eigenvalue weighted by Crippen LogP contribution is -2.49. The summed E-state index contributed by atoms with van der Waals surface area (Å²) in [5.74, 6) is 2.42. The Bertz CT molecular complexity index is 939. The molecule has 0 spiro atoms. The summed E-state index contributed by atoms with van der Waals surface area (Å²) >= 11 is 1.54. The monoisotopic (exact) mass is 410 g/mol. The van der Waals surface area contributed by atoms with Crippen LogP contribution < -0.4 is 14.4 Å². The number of methoxy groups -OCH3 is 1. The van der Waals surface area contributed by atoms with E-state index < -0.39 is 0 Å². The lowest BCUT2D eigenvalue weighted by atomic mass is 10.1. The normalized spacial score (nSPS) is 14.0. The fourth-order valence-corrected chi connectivity index (χ4v) is 3.72. The van der Waals surface area contributed by atoms with Gasteiger partial charge in [0.1, 0.15) is 23.9 Å². The molecule has 0 saturated carbocycles. The van der Waals surface area contributed by atoms with E-state index in [1.54, 1.807) is 30.2 Å². The van der Waals surface area contributed by atoms with Gasteiger partial charge in [-0.25, -0.2) is 9.97 Å². The van der Waals surface area contributed by atoms with Crippen molar-refractivity contribution >= 4 is 23.1 Å². The third-order valence-electron chi connectivity index (χ3n) is 4.81. The van der Waals surface area contributed by atoms with Gasteiger partial charge in [0.05, 0.1) is 18.3 Å². The van der Waals surface area contributed by atoms with Crippen molar-refractivity contribution in [2.24, 2.45) is 0 Å². The number of hydrogen-bond donors (Lipinski definition) is 0. The van der Waals surface area contributed by atoms with Crippen LogP contribution in [0.2, 0.25) is 0 Å². The van der Waals surface area contributed by atoms with Crippen molar-refractivity contribution in [1.29, 1.82) is 0 Å². The van der Waals surface area contributed by atoms with Crippen LogP contribution in [0.4, 0.5) is 5.82 Å². The first kappa shape index (κ1) is 19.2. The maximum atomic E-state index is 12.8. The number of nitrogens with zero attached hydrogens (tertiary/aromatic N) is 4. The van der Waals surface area contributed by atoms with Gasteiger partial charge in [-0.1, -0.05) is 0 Å². The highest BCUT2D eigenvalue weighted by Gasteiger charge is 2.23. The van der Waals surface area contributed by atoms with E-state index in [1.165, 1.54) is 0 Å². The molecule has 150 valence electrons. The van der Waals surface area contributed by atoms with Crippen LogP contribution in [0, 0.1) is 0 Å². The average Bonchev–Trinajstić information content (AvgIpc) is 3.31. The van der Waals surface area contributed by atoms with Crippen LogP contribution in [-0.4, -0.2) is 54.1 Å². The molecule has 1 aliphatic heterocycles. The van der Waals surface area contributed by atoms with Gasteiger partial charge in [-0.2, -0.15) is 0 Å². The highest BCUT2D eigenvalue weighted by atomic mass is 32.1. The van der Waals surface area contributed by atoms with Crippen molar-refractivity contribution < 1.29 is 14.3 Å². The van der Waals surface area contributed by atoms with E-state index in [0.29, 0.717) is 25.3 Å². The molecule has 0 aliphatic carbocycles. The molecule has 2 aromatic heterocycles. The van der Waals surface area contributed by atoms with Crippen LogP contribution in [0.15, 0.2) is 53.5 Å². The second kappa shape index (κ2) is 8.91. The fourth-order valence-electron chi connectivity index (χ4n) is 3.18. The first-order valence-corrected chi connectivity index (χ1v) is 10.3. The average molecular weight is 410 g/mol. The van der Waals surface area contributed by atoms with Crippen LogP contribution in [-0.2, 0) is 6.61 Å². The molecular weight excluding hydrogens is 388 g/mol. The number of pyridine rings is 1. The summed E-state index contributed by atoms with van der Waals surface area (Å²) < 4.78 is 11.0. The van der Waals surface area contributed by atoms with Gasteiger partial charge in [-0.3, -0.25) is 4.79 Å². The molecule has 3 aromatic rings. The van der Waals surface area contributed by atoms with E-state index in [9.17, 15) is 4.79 Å². The number of rotatable bonds is 6. The molecule has 4 rings (SSSR count). The lowest BCUT2D eigenvalue weighted by molar-refractivity contribution is 0.0746. The number of hydrogen-bond acceptors (Lipinski definition) is 7. The maximum absolute atomic E-state index is 12.8. The van der Waals surface area contributed by atoms with E-state index in [2.05, 4.69) is 14.9 Å². The fraction of sp³-hybridized carbons (Fsp3) is 0.286. The van der Waals surface area contributed by atoms with Gasteiger partial charge >= 0.3 is 0 Å². The molecule has 0 bridgehead atoms. The summed E-state index contributed by atoms with van der Waals surface area (Å²) in [6.07, 6.45) is 1.74. The van der Waals surface area contributed by atoms with Crippen molar-refractivity contribution in [2.75, 3.05) is 38.2 Å². The first-order chi connectivity index (χ1) is 14.2. The second-order valence-corrected chi connectivity index (χ2v) is 7.34. The minimum absolute atomic E-state index is 0.0364. The number of ether oxygens (including phenoxy) is 2. The van der Waals surface area contributed by atoms with Crippen LogP contribution in [0.25, 0.3) is 0 Å². The Labute approximate surface area is 173 Å². The van der Waals surface area contributed by atoms with Crippen LogP contribution in [0.3, 0.4) is 0 Å². The van der Waals surface area contributed by atoms with E-state index in [-0.39, 0.29) is 5.91 Å². The summed E-state index contributed by atoms with van der Waals surface area (Å²) in [6, 6.07) is 11.0. The van der Waals surface area contributed by atoms with E-state index in [0.717, 1.165) is 36.1 Å². The molecule has 3 heterocycles. The van der Waals surface area contributed by atoms with Gasteiger partial charge in [0.15, 0.2) is 0 Å². The third-order valence-corrected chi connectivity index (χ3v) is 5.45. The standard InChI is InChI=1S/C21H22N4O3S/c1-27-19-6-7-22-20(12-19)24-8-10-25(11-9-24)21(26)16-2-4-18(5-3-16)28-13-17-14-29-15-23-17/h2-7,12,14-15H,8-11,13H2,1H3. The predicted molar refractivity (Wildman–Crippen MR) is 112 cm³/mol. The van der Waals surface area contributed by atoms with Gasteiger partial charge in [-0.05, 0) is 30.3 Å². The highest BCUT2D eigenvalue weighted by molar-refractivity contribution is 7.07. The van der Waals surface area contributed by atoms with Gasteiger partial charge < -0.3 is 19.3 Å². The zero-order chi connectivity index (χ0) is 20.1. The molecule has 7 nitrogen and oxygen atoms in total. The topological polar surface area (TPSA) is 67.8 Å². The SMILES string of the molecule is COc1ccnc(N2CCN(C(=O)c3ccc(OCc4cscn4)cc3)CC2)c1. The summed E-state index contributed by atoms with van der Waals surface area (Å²) in [5.41, 5.74) is 3.35. The minimum atomic E-state index is 0.0364. The number of benzene rings is 1. The minimum Gasteiger partial charge on any atom is -0.497 e. The number of anilines is 1. The Morgan fingerprint density at radius 3 is 2.55 bits per heavy atom. The molecule has 1 amide bonds. The first-order valence-electron chi connectivity index (χ1n) is 9.37. The van der Waals surface area contributed by atoms with Gasteiger partial charge in [0, 0.05) is 49.4 Å². The summed E-state index contributed by atoms with van der Waals surface area (Å²) in [4.78, 5) is 25.5. The Morgan fingerprint density at radius 2 is 1.86 bits per heavy atom. The molecule has 1 aliphatic rings. The van der Waals surface area contributed by atoms with E-state index in [4.69, 9.17) is 9.47 Å². The predicted octanol–water partition coefficient (Wildman–Crippen LogP) is 3.09. The number of carbonyl (C=O) groups excluding carboxylic acids is 1. The van der Waals surface area contributed by atoms with Crippen LogP contribution >= 0.6 is 11.3 Å². The van der Waals surface area contributed by atoms with Gasteiger partial charge in [0.2, 0.25) is 0 Å². The zero-order valence-corrected chi connectivity index (χ0v) is 17.0. The molecule has 0 N–H and O–H groups in total. The molecule has 1 fully saturated rings. The van der Waals surface area contributed by atoms with Crippen molar-refractivity contribution in [3.63, 3.8) is 0 Å². The Kier molecular flexibility index (Phi) is 5.90.